The molecule has 0 radical (unpaired) electrons. The summed E-state index contributed by atoms with van der Waals surface area (Å²) in [5.74, 6) is 0.00788. The van der Waals surface area contributed by atoms with E-state index in [1.54, 1.807) is 17.4 Å². The lowest BCUT2D eigenvalue weighted by molar-refractivity contribution is -0.125. The van der Waals surface area contributed by atoms with Gasteiger partial charge in [0.2, 0.25) is 5.91 Å². The number of rotatable bonds is 6. The number of nitrogens with zero attached hydrogens (tertiary/aromatic N) is 2. The van der Waals surface area contributed by atoms with Crippen LogP contribution in [0.1, 0.15) is 11.9 Å². The molecule has 1 aromatic carbocycles. The molecule has 106 valence electrons. The fourth-order valence-electron chi connectivity index (χ4n) is 1.86. The summed E-state index contributed by atoms with van der Waals surface area (Å²) in [5.41, 5.74) is 1.02. The Morgan fingerprint density at radius 3 is 3.00 bits per heavy atom. The second-order valence-electron chi connectivity index (χ2n) is 4.70. The van der Waals surface area contributed by atoms with Crippen LogP contribution in [-0.4, -0.2) is 35.4 Å². The Morgan fingerprint density at radius 2 is 2.30 bits per heavy atom. The van der Waals surface area contributed by atoms with E-state index in [4.69, 9.17) is 0 Å². The summed E-state index contributed by atoms with van der Waals surface area (Å²) in [4.78, 5) is 18.5. The smallest absolute Gasteiger partial charge is 0.237 e. The van der Waals surface area contributed by atoms with Gasteiger partial charge in [-0.25, -0.2) is 4.98 Å². The van der Waals surface area contributed by atoms with Gasteiger partial charge in [-0.3, -0.25) is 9.69 Å². The largest absolute Gasteiger partial charge is 0.351 e. The van der Waals surface area contributed by atoms with Crippen LogP contribution in [0, 0.1) is 0 Å². The van der Waals surface area contributed by atoms with Gasteiger partial charge in [-0.05, 0) is 26.1 Å². The number of hydrogen-bond acceptors (Lipinski definition) is 4. The average molecular weight is 289 g/mol. The first kappa shape index (κ1) is 14.7. The summed E-state index contributed by atoms with van der Waals surface area (Å²) >= 11 is 1.67. The highest BCUT2D eigenvalue weighted by molar-refractivity contribution is 7.18. The molecule has 0 saturated carbocycles. The molecule has 1 unspecified atom stereocenters. The van der Waals surface area contributed by atoms with Crippen LogP contribution in [0.15, 0.2) is 36.9 Å². The van der Waals surface area contributed by atoms with Gasteiger partial charge in [-0.2, -0.15) is 0 Å². The van der Waals surface area contributed by atoms with Crippen molar-refractivity contribution < 1.29 is 4.79 Å². The van der Waals surface area contributed by atoms with E-state index in [0.29, 0.717) is 13.1 Å². The summed E-state index contributed by atoms with van der Waals surface area (Å²) in [6, 6.07) is 7.88. The van der Waals surface area contributed by atoms with Crippen molar-refractivity contribution in [3.63, 3.8) is 0 Å². The molecule has 1 N–H and O–H groups in total. The van der Waals surface area contributed by atoms with E-state index in [-0.39, 0.29) is 11.9 Å². The molecule has 0 aliphatic rings. The van der Waals surface area contributed by atoms with Gasteiger partial charge in [0.1, 0.15) is 5.01 Å². The topological polar surface area (TPSA) is 45.2 Å². The Bertz CT molecular complexity index is 575. The highest BCUT2D eigenvalue weighted by Crippen LogP contribution is 2.22. The maximum atomic E-state index is 11.9. The van der Waals surface area contributed by atoms with E-state index in [1.165, 1.54) is 4.70 Å². The predicted molar refractivity (Wildman–Crippen MR) is 83.8 cm³/mol. The van der Waals surface area contributed by atoms with Crippen LogP contribution in [0.4, 0.5) is 0 Å². The van der Waals surface area contributed by atoms with Crippen molar-refractivity contribution in [2.24, 2.45) is 0 Å². The molecule has 1 atom stereocenters. The molecular weight excluding hydrogens is 270 g/mol. The van der Waals surface area contributed by atoms with Crippen LogP contribution in [0.25, 0.3) is 10.2 Å². The molecule has 0 aliphatic carbocycles. The Balaban J connectivity index is 2.01. The van der Waals surface area contributed by atoms with Crippen LogP contribution in [-0.2, 0) is 11.3 Å². The van der Waals surface area contributed by atoms with Crippen molar-refractivity contribution in [3.8, 4) is 0 Å². The monoisotopic (exact) mass is 289 g/mol. The van der Waals surface area contributed by atoms with E-state index in [1.807, 2.05) is 37.1 Å². The number of thiazole rings is 1. The second-order valence-corrected chi connectivity index (χ2v) is 5.82. The zero-order chi connectivity index (χ0) is 14.5. The van der Waals surface area contributed by atoms with E-state index < -0.39 is 0 Å². The average Bonchev–Trinajstić information content (AvgIpc) is 2.85. The molecule has 0 spiro atoms. The molecule has 1 aromatic heterocycles. The third kappa shape index (κ3) is 3.43. The van der Waals surface area contributed by atoms with Gasteiger partial charge in [-0.15, -0.1) is 17.9 Å². The number of benzene rings is 1. The summed E-state index contributed by atoms with van der Waals surface area (Å²) in [6.45, 7) is 6.65. The molecule has 4 nitrogen and oxygen atoms in total. The molecule has 0 bridgehead atoms. The van der Waals surface area contributed by atoms with Gasteiger partial charge in [0.25, 0.3) is 0 Å². The number of carbonyl (C=O) groups is 1. The Morgan fingerprint density at radius 1 is 1.55 bits per heavy atom. The number of aromatic nitrogens is 1. The molecule has 1 amide bonds. The number of carbonyl (C=O) groups excluding carboxylic acids is 1. The molecule has 20 heavy (non-hydrogen) atoms. The first-order valence-corrected chi connectivity index (χ1v) is 7.36. The Hall–Kier alpha value is -1.72. The first-order chi connectivity index (χ1) is 9.61. The van der Waals surface area contributed by atoms with Gasteiger partial charge >= 0.3 is 0 Å². The van der Waals surface area contributed by atoms with Gasteiger partial charge < -0.3 is 5.32 Å². The number of amides is 1. The van der Waals surface area contributed by atoms with E-state index in [0.717, 1.165) is 10.5 Å². The van der Waals surface area contributed by atoms with Gasteiger partial charge in [0, 0.05) is 6.54 Å². The van der Waals surface area contributed by atoms with Crippen molar-refractivity contribution in [3.05, 3.63) is 41.9 Å². The fourth-order valence-corrected chi connectivity index (χ4v) is 2.89. The van der Waals surface area contributed by atoms with Crippen molar-refractivity contribution in [1.82, 2.24) is 15.2 Å². The Kier molecular flexibility index (Phi) is 4.87. The first-order valence-electron chi connectivity index (χ1n) is 6.55. The number of fused-ring (bicyclic) bond motifs is 1. The third-order valence-corrected chi connectivity index (χ3v) is 4.21. The lowest BCUT2D eigenvalue weighted by atomic mass is 10.2. The third-order valence-electron chi connectivity index (χ3n) is 3.18. The standard InChI is InChI=1S/C15H19N3OS/c1-4-9-16-15(19)11(2)18(3)10-14-17-12-7-5-6-8-13(12)20-14/h4-8,11H,1,9-10H2,2-3H3,(H,16,19). The minimum atomic E-state index is -0.193. The van der Waals surface area contributed by atoms with Crippen LogP contribution < -0.4 is 5.32 Å². The van der Waals surface area contributed by atoms with Crippen LogP contribution >= 0.6 is 11.3 Å². The molecular formula is C15H19N3OS. The summed E-state index contributed by atoms with van der Waals surface area (Å²) in [7, 11) is 1.93. The predicted octanol–water partition coefficient (Wildman–Crippen LogP) is 2.42. The zero-order valence-electron chi connectivity index (χ0n) is 11.8. The van der Waals surface area contributed by atoms with Gasteiger partial charge in [0.05, 0.1) is 22.8 Å². The van der Waals surface area contributed by atoms with Crippen LogP contribution in [0.2, 0.25) is 0 Å². The number of nitrogens with one attached hydrogen (secondary N) is 1. The quantitative estimate of drug-likeness (QED) is 0.831. The lowest BCUT2D eigenvalue weighted by Crippen LogP contribution is -2.42. The highest BCUT2D eigenvalue weighted by atomic mass is 32.1. The molecule has 0 aliphatic heterocycles. The number of hydrogen-bond donors (Lipinski definition) is 1. The van der Waals surface area contributed by atoms with Crippen LogP contribution in [0.5, 0.6) is 0 Å². The van der Waals surface area contributed by atoms with E-state index in [2.05, 4.69) is 22.9 Å². The maximum Gasteiger partial charge on any atom is 0.237 e. The Labute approximate surface area is 123 Å². The minimum absolute atomic E-state index is 0.00788. The van der Waals surface area contributed by atoms with Crippen molar-refractivity contribution in [1.29, 1.82) is 0 Å². The minimum Gasteiger partial charge on any atom is -0.351 e. The van der Waals surface area contributed by atoms with Crippen molar-refractivity contribution in [2.75, 3.05) is 13.6 Å². The fraction of sp³-hybridized carbons (Fsp3) is 0.333. The molecule has 2 aromatic rings. The molecule has 0 saturated heterocycles. The second kappa shape index (κ2) is 6.63. The van der Waals surface area contributed by atoms with Gasteiger partial charge in [-0.1, -0.05) is 18.2 Å². The van der Waals surface area contributed by atoms with E-state index in [9.17, 15) is 4.79 Å². The maximum absolute atomic E-state index is 11.9. The normalized spacial score (nSPS) is 12.6. The van der Waals surface area contributed by atoms with Crippen molar-refractivity contribution >= 4 is 27.5 Å². The number of para-hydroxylation sites is 1. The number of likely N-dealkylation sites (N-methyl/N-ethyl adjacent to an activating group) is 1. The summed E-state index contributed by atoms with van der Waals surface area (Å²) in [6.07, 6.45) is 1.68. The van der Waals surface area contributed by atoms with Crippen LogP contribution in [0.3, 0.4) is 0 Å². The molecule has 0 fully saturated rings. The molecule has 1 heterocycles. The SMILES string of the molecule is C=CCNC(=O)C(C)N(C)Cc1nc2ccccc2s1. The molecule has 2 rings (SSSR count). The van der Waals surface area contributed by atoms with E-state index >= 15 is 0 Å². The zero-order valence-corrected chi connectivity index (χ0v) is 12.6. The summed E-state index contributed by atoms with van der Waals surface area (Å²) in [5, 5.41) is 3.83. The highest BCUT2D eigenvalue weighted by Gasteiger charge is 2.18. The van der Waals surface area contributed by atoms with Gasteiger partial charge in [0.15, 0.2) is 0 Å². The lowest BCUT2D eigenvalue weighted by Gasteiger charge is -2.22. The molecule has 5 heteroatoms. The summed E-state index contributed by atoms with van der Waals surface area (Å²) < 4.78 is 1.18. The van der Waals surface area contributed by atoms with Crippen molar-refractivity contribution in [2.45, 2.75) is 19.5 Å².